The molecule has 2 fully saturated rings. The molecular formula is C13H24BFO3. The molecule has 2 N–H and O–H groups in total. The van der Waals surface area contributed by atoms with Gasteiger partial charge in [-0.2, -0.15) is 0 Å². The predicted molar refractivity (Wildman–Crippen MR) is 69.0 cm³/mol. The highest BCUT2D eigenvalue weighted by Crippen LogP contribution is 2.34. The zero-order valence-corrected chi connectivity index (χ0v) is 10.9. The SMILES string of the molecule is OB(O)C1CCC(OCC2CCCCC2)C(F)C1. The first-order valence-electron chi connectivity index (χ1n) is 7.28. The van der Waals surface area contributed by atoms with Crippen molar-refractivity contribution in [3.8, 4) is 0 Å². The smallest absolute Gasteiger partial charge is 0.427 e. The molecule has 18 heavy (non-hydrogen) atoms. The second-order valence-electron chi connectivity index (χ2n) is 5.88. The minimum Gasteiger partial charge on any atom is -0.427 e. The lowest BCUT2D eigenvalue weighted by atomic mass is 9.64. The molecule has 0 spiro atoms. The molecule has 0 aromatic rings. The summed E-state index contributed by atoms with van der Waals surface area (Å²) in [5.41, 5.74) is 0. The maximum absolute atomic E-state index is 13.9. The third kappa shape index (κ3) is 3.94. The normalized spacial score (nSPS) is 34.5. The summed E-state index contributed by atoms with van der Waals surface area (Å²) in [7, 11) is -1.39. The molecule has 2 saturated carbocycles. The Morgan fingerprint density at radius 1 is 1.06 bits per heavy atom. The van der Waals surface area contributed by atoms with E-state index in [1.807, 2.05) is 0 Å². The van der Waals surface area contributed by atoms with Gasteiger partial charge in [0.2, 0.25) is 0 Å². The second-order valence-corrected chi connectivity index (χ2v) is 5.88. The lowest BCUT2D eigenvalue weighted by Gasteiger charge is -2.32. The average Bonchev–Trinajstić information content (AvgIpc) is 2.38. The van der Waals surface area contributed by atoms with Crippen LogP contribution in [0.4, 0.5) is 4.39 Å². The number of ether oxygens (including phenoxy) is 1. The van der Waals surface area contributed by atoms with Crippen LogP contribution in [-0.2, 0) is 4.74 Å². The van der Waals surface area contributed by atoms with Gasteiger partial charge < -0.3 is 14.8 Å². The van der Waals surface area contributed by atoms with Gasteiger partial charge in [-0.05, 0) is 43.8 Å². The van der Waals surface area contributed by atoms with Gasteiger partial charge in [0, 0.05) is 6.61 Å². The molecule has 0 aromatic carbocycles. The molecule has 2 aliphatic rings. The Kier molecular flexibility index (Phi) is 5.46. The van der Waals surface area contributed by atoms with Crippen LogP contribution in [0.1, 0.15) is 51.4 Å². The van der Waals surface area contributed by atoms with Gasteiger partial charge in [-0.15, -0.1) is 0 Å². The van der Waals surface area contributed by atoms with Crippen molar-refractivity contribution in [2.24, 2.45) is 5.92 Å². The molecule has 2 aliphatic carbocycles. The van der Waals surface area contributed by atoms with Crippen molar-refractivity contribution in [2.45, 2.75) is 69.5 Å². The van der Waals surface area contributed by atoms with E-state index in [0.29, 0.717) is 25.4 Å². The lowest BCUT2D eigenvalue weighted by molar-refractivity contribution is -0.0437. The van der Waals surface area contributed by atoms with Crippen LogP contribution in [0.5, 0.6) is 0 Å². The summed E-state index contributed by atoms with van der Waals surface area (Å²) in [6.07, 6.45) is 6.38. The maximum atomic E-state index is 13.9. The first-order valence-corrected chi connectivity index (χ1v) is 7.28. The summed E-state index contributed by atoms with van der Waals surface area (Å²) >= 11 is 0. The molecule has 3 atom stereocenters. The Labute approximate surface area is 109 Å². The Bertz CT molecular complexity index is 246. The van der Waals surface area contributed by atoms with E-state index in [1.54, 1.807) is 0 Å². The third-order valence-electron chi connectivity index (χ3n) is 4.45. The predicted octanol–water partition coefficient (Wildman–Crippen LogP) is 2.32. The Balaban J connectivity index is 1.70. The second kappa shape index (κ2) is 6.87. The molecule has 2 rings (SSSR count). The summed E-state index contributed by atoms with van der Waals surface area (Å²) in [5.74, 6) is 0.279. The number of hydrogen-bond donors (Lipinski definition) is 2. The monoisotopic (exact) mass is 258 g/mol. The van der Waals surface area contributed by atoms with Crippen LogP contribution >= 0.6 is 0 Å². The van der Waals surface area contributed by atoms with E-state index in [0.717, 1.165) is 0 Å². The van der Waals surface area contributed by atoms with Crippen molar-refractivity contribution < 1.29 is 19.2 Å². The van der Waals surface area contributed by atoms with Gasteiger partial charge in [-0.25, -0.2) is 4.39 Å². The molecule has 3 unspecified atom stereocenters. The van der Waals surface area contributed by atoms with Crippen LogP contribution in [0.25, 0.3) is 0 Å². The Morgan fingerprint density at radius 3 is 2.39 bits per heavy atom. The Morgan fingerprint density at radius 2 is 1.78 bits per heavy atom. The first kappa shape index (κ1) is 14.3. The quantitative estimate of drug-likeness (QED) is 0.761. The lowest BCUT2D eigenvalue weighted by Crippen LogP contribution is -2.37. The minimum absolute atomic E-state index is 0.215. The van der Waals surface area contributed by atoms with Crippen molar-refractivity contribution in [3.05, 3.63) is 0 Å². The van der Waals surface area contributed by atoms with Gasteiger partial charge in [0.25, 0.3) is 0 Å². The van der Waals surface area contributed by atoms with Crippen LogP contribution in [0.15, 0.2) is 0 Å². The van der Waals surface area contributed by atoms with Crippen LogP contribution in [0.3, 0.4) is 0 Å². The summed E-state index contributed by atoms with van der Waals surface area (Å²) in [4.78, 5) is 0. The first-order chi connectivity index (χ1) is 8.66. The zero-order chi connectivity index (χ0) is 13.0. The molecule has 104 valence electrons. The molecule has 0 aromatic heterocycles. The van der Waals surface area contributed by atoms with Crippen molar-refractivity contribution in [1.29, 1.82) is 0 Å². The van der Waals surface area contributed by atoms with Gasteiger partial charge in [0.1, 0.15) is 6.17 Å². The highest BCUT2D eigenvalue weighted by molar-refractivity contribution is 6.43. The van der Waals surface area contributed by atoms with Crippen molar-refractivity contribution in [1.82, 2.24) is 0 Å². The summed E-state index contributed by atoms with van der Waals surface area (Å²) < 4.78 is 19.6. The van der Waals surface area contributed by atoms with Crippen molar-refractivity contribution in [2.75, 3.05) is 6.61 Å². The topological polar surface area (TPSA) is 49.7 Å². The van der Waals surface area contributed by atoms with Crippen LogP contribution in [-0.4, -0.2) is 36.0 Å². The van der Waals surface area contributed by atoms with Crippen molar-refractivity contribution in [3.63, 3.8) is 0 Å². The molecule has 0 heterocycles. The fourth-order valence-electron chi connectivity index (χ4n) is 3.19. The molecule has 3 nitrogen and oxygen atoms in total. The third-order valence-corrected chi connectivity index (χ3v) is 4.45. The number of rotatable bonds is 4. The molecule has 0 aliphatic heterocycles. The fourth-order valence-corrected chi connectivity index (χ4v) is 3.19. The summed E-state index contributed by atoms with van der Waals surface area (Å²) in [6, 6.07) is 0. The van der Waals surface area contributed by atoms with E-state index < -0.39 is 13.3 Å². The van der Waals surface area contributed by atoms with Gasteiger partial charge in [0.15, 0.2) is 0 Å². The fraction of sp³-hybridized carbons (Fsp3) is 1.00. The number of alkyl halides is 1. The Hall–Kier alpha value is -0.125. The van der Waals surface area contributed by atoms with Crippen molar-refractivity contribution >= 4 is 7.12 Å². The molecule has 0 saturated heterocycles. The zero-order valence-electron chi connectivity index (χ0n) is 10.9. The highest BCUT2D eigenvalue weighted by atomic mass is 19.1. The molecule has 0 bridgehead atoms. The summed E-state index contributed by atoms with van der Waals surface area (Å²) in [5, 5.41) is 18.1. The van der Waals surface area contributed by atoms with E-state index in [1.165, 1.54) is 32.1 Å². The van der Waals surface area contributed by atoms with Gasteiger partial charge >= 0.3 is 7.12 Å². The van der Waals surface area contributed by atoms with Crippen LogP contribution in [0, 0.1) is 5.92 Å². The van der Waals surface area contributed by atoms with E-state index >= 15 is 0 Å². The minimum atomic E-state index is -1.39. The van der Waals surface area contributed by atoms with E-state index in [4.69, 9.17) is 14.8 Å². The molecular weight excluding hydrogens is 234 g/mol. The van der Waals surface area contributed by atoms with E-state index in [2.05, 4.69) is 0 Å². The standard InChI is InChI=1S/C13H24BFO3/c15-12-8-11(14(16)17)6-7-13(12)18-9-10-4-2-1-3-5-10/h10-13,16-17H,1-9H2. The summed E-state index contributed by atoms with van der Waals surface area (Å²) in [6.45, 7) is 0.678. The number of halogens is 1. The van der Waals surface area contributed by atoms with E-state index in [-0.39, 0.29) is 18.3 Å². The van der Waals surface area contributed by atoms with Gasteiger partial charge in [0.05, 0.1) is 6.10 Å². The van der Waals surface area contributed by atoms with Crippen LogP contribution < -0.4 is 0 Å². The highest BCUT2D eigenvalue weighted by Gasteiger charge is 2.36. The van der Waals surface area contributed by atoms with Gasteiger partial charge in [-0.1, -0.05) is 19.3 Å². The number of hydrogen-bond acceptors (Lipinski definition) is 3. The molecule has 5 heteroatoms. The van der Waals surface area contributed by atoms with Gasteiger partial charge in [-0.3, -0.25) is 0 Å². The average molecular weight is 258 g/mol. The van der Waals surface area contributed by atoms with Crippen LogP contribution in [0.2, 0.25) is 5.82 Å². The molecule has 0 amide bonds. The largest absolute Gasteiger partial charge is 0.454 e. The van der Waals surface area contributed by atoms with E-state index in [9.17, 15) is 4.39 Å². The maximum Gasteiger partial charge on any atom is 0.454 e. The molecule has 0 radical (unpaired) electrons.